The summed E-state index contributed by atoms with van der Waals surface area (Å²) in [6, 6.07) is 15.2. The molecule has 30 heavy (non-hydrogen) atoms. The number of anilines is 3. The minimum atomic E-state index is -0.377. The molecule has 0 unspecified atom stereocenters. The maximum absolute atomic E-state index is 13.6. The van der Waals surface area contributed by atoms with E-state index in [2.05, 4.69) is 25.6 Å². The molecule has 2 aromatic heterocycles. The van der Waals surface area contributed by atoms with E-state index in [9.17, 15) is 9.18 Å². The van der Waals surface area contributed by atoms with Crippen LogP contribution in [0.3, 0.4) is 0 Å². The van der Waals surface area contributed by atoms with Gasteiger partial charge in [-0.25, -0.2) is 19.3 Å². The Morgan fingerprint density at radius 2 is 1.83 bits per heavy atom. The fourth-order valence-corrected chi connectivity index (χ4v) is 2.70. The first-order valence-electron chi connectivity index (χ1n) is 9.08. The summed E-state index contributed by atoms with van der Waals surface area (Å²) in [6.45, 7) is 0. The normalized spacial score (nSPS) is 10.8. The van der Waals surface area contributed by atoms with E-state index < -0.39 is 0 Å². The highest BCUT2D eigenvalue weighted by Gasteiger charge is 2.03. The second-order valence-corrected chi connectivity index (χ2v) is 6.28. The molecule has 0 aliphatic heterocycles. The molecule has 0 atom stereocenters. The third kappa shape index (κ3) is 4.74. The minimum absolute atomic E-state index is 0.347. The SMILES string of the molecule is O=C(/C=C/c1ccccc1F)Nc1ccc(Nc2cc(-n3ccnc3)ncn2)cc1. The summed E-state index contributed by atoms with van der Waals surface area (Å²) in [5.41, 5.74) is 1.77. The quantitative estimate of drug-likeness (QED) is 0.474. The molecule has 0 saturated heterocycles. The van der Waals surface area contributed by atoms with Crippen molar-refractivity contribution in [3.63, 3.8) is 0 Å². The van der Waals surface area contributed by atoms with Crippen LogP contribution in [0.25, 0.3) is 11.9 Å². The number of hydrogen-bond donors (Lipinski definition) is 2. The third-order valence-electron chi connectivity index (χ3n) is 4.17. The molecule has 0 bridgehead atoms. The molecule has 148 valence electrons. The predicted molar refractivity (Wildman–Crippen MR) is 113 cm³/mol. The number of benzene rings is 2. The molecule has 2 heterocycles. The van der Waals surface area contributed by atoms with Crippen molar-refractivity contribution in [3.05, 3.63) is 97.1 Å². The monoisotopic (exact) mass is 400 g/mol. The molecule has 0 fully saturated rings. The van der Waals surface area contributed by atoms with Crippen LogP contribution in [0, 0.1) is 5.82 Å². The number of rotatable bonds is 6. The maximum Gasteiger partial charge on any atom is 0.248 e. The number of aromatic nitrogens is 4. The summed E-state index contributed by atoms with van der Waals surface area (Å²) in [7, 11) is 0. The summed E-state index contributed by atoms with van der Waals surface area (Å²) in [4.78, 5) is 24.5. The highest BCUT2D eigenvalue weighted by Crippen LogP contribution is 2.19. The Labute approximate surface area is 172 Å². The van der Waals surface area contributed by atoms with E-state index in [1.165, 1.54) is 24.5 Å². The Morgan fingerprint density at radius 1 is 1.03 bits per heavy atom. The van der Waals surface area contributed by atoms with Crippen molar-refractivity contribution in [1.82, 2.24) is 19.5 Å². The van der Waals surface area contributed by atoms with Crippen molar-refractivity contribution >= 4 is 29.2 Å². The second-order valence-electron chi connectivity index (χ2n) is 6.28. The largest absolute Gasteiger partial charge is 0.340 e. The molecular weight excluding hydrogens is 383 g/mol. The molecule has 0 aliphatic rings. The maximum atomic E-state index is 13.6. The van der Waals surface area contributed by atoms with Crippen LogP contribution in [0.5, 0.6) is 0 Å². The van der Waals surface area contributed by atoms with E-state index in [0.717, 1.165) is 5.69 Å². The molecule has 2 aromatic carbocycles. The standard InChI is InChI=1S/C22H17FN6O/c23-19-4-2-1-3-16(19)5-10-22(30)28-18-8-6-17(7-9-18)27-20-13-21(26-14-25-20)29-12-11-24-15-29/h1-15H,(H,28,30)(H,25,26,27)/b10-5+. The number of hydrogen-bond acceptors (Lipinski definition) is 5. The van der Waals surface area contributed by atoms with Crippen molar-refractivity contribution in [1.29, 1.82) is 0 Å². The summed E-state index contributed by atoms with van der Waals surface area (Å²) in [6.07, 6.45) is 9.33. The van der Waals surface area contributed by atoms with Crippen LogP contribution in [-0.4, -0.2) is 25.4 Å². The molecule has 2 N–H and O–H groups in total. The second kappa shape index (κ2) is 8.78. The molecule has 0 saturated carbocycles. The Kier molecular flexibility index (Phi) is 5.56. The lowest BCUT2D eigenvalue weighted by atomic mass is 10.2. The number of carbonyl (C=O) groups excluding carboxylic acids is 1. The van der Waals surface area contributed by atoms with Crippen LogP contribution >= 0.6 is 0 Å². The number of amides is 1. The van der Waals surface area contributed by atoms with Gasteiger partial charge in [0.15, 0.2) is 0 Å². The fourth-order valence-electron chi connectivity index (χ4n) is 2.70. The Morgan fingerprint density at radius 3 is 2.60 bits per heavy atom. The number of imidazole rings is 1. The predicted octanol–water partition coefficient (Wildman–Crippen LogP) is 4.20. The van der Waals surface area contributed by atoms with Gasteiger partial charge in [-0.2, -0.15) is 0 Å². The van der Waals surface area contributed by atoms with E-state index in [1.807, 2.05) is 12.1 Å². The minimum Gasteiger partial charge on any atom is -0.340 e. The topological polar surface area (TPSA) is 84.7 Å². The lowest BCUT2D eigenvalue weighted by Gasteiger charge is -2.08. The van der Waals surface area contributed by atoms with Gasteiger partial charge in [-0.1, -0.05) is 18.2 Å². The average Bonchev–Trinajstić information content (AvgIpc) is 3.30. The first-order valence-corrected chi connectivity index (χ1v) is 9.08. The van der Waals surface area contributed by atoms with Gasteiger partial charge in [-0.3, -0.25) is 9.36 Å². The number of nitrogens with zero attached hydrogens (tertiary/aromatic N) is 4. The van der Waals surface area contributed by atoms with E-state index in [1.54, 1.807) is 59.7 Å². The smallest absolute Gasteiger partial charge is 0.248 e. The van der Waals surface area contributed by atoms with Crippen molar-refractivity contribution < 1.29 is 9.18 Å². The van der Waals surface area contributed by atoms with Gasteiger partial charge >= 0.3 is 0 Å². The highest BCUT2D eigenvalue weighted by atomic mass is 19.1. The van der Waals surface area contributed by atoms with Gasteiger partial charge in [-0.05, 0) is 36.4 Å². The molecule has 4 aromatic rings. The molecule has 7 nitrogen and oxygen atoms in total. The van der Waals surface area contributed by atoms with Gasteiger partial charge in [0, 0.05) is 41.5 Å². The molecule has 0 spiro atoms. The number of nitrogens with one attached hydrogen (secondary N) is 2. The Balaban J connectivity index is 1.38. The van der Waals surface area contributed by atoms with Crippen molar-refractivity contribution in [3.8, 4) is 5.82 Å². The van der Waals surface area contributed by atoms with E-state index in [4.69, 9.17) is 0 Å². The molecule has 4 rings (SSSR count). The molecule has 8 heteroatoms. The van der Waals surface area contributed by atoms with Crippen LogP contribution < -0.4 is 10.6 Å². The highest BCUT2D eigenvalue weighted by molar-refractivity contribution is 6.02. The lowest BCUT2D eigenvalue weighted by Crippen LogP contribution is -2.07. The van der Waals surface area contributed by atoms with Gasteiger partial charge in [0.05, 0.1) is 0 Å². The van der Waals surface area contributed by atoms with E-state index in [0.29, 0.717) is 22.9 Å². The summed E-state index contributed by atoms with van der Waals surface area (Å²) in [5.74, 6) is 0.589. The third-order valence-corrected chi connectivity index (χ3v) is 4.17. The van der Waals surface area contributed by atoms with Crippen LogP contribution in [0.4, 0.5) is 21.6 Å². The first-order chi connectivity index (χ1) is 14.7. The Hall–Kier alpha value is -4.33. The zero-order valence-electron chi connectivity index (χ0n) is 15.7. The van der Waals surface area contributed by atoms with Crippen LogP contribution in [0.1, 0.15) is 5.56 Å². The van der Waals surface area contributed by atoms with Crippen LogP contribution in [-0.2, 0) is 4.79 Å². The number of carbonyl (C=O) groups is 1. The molecule has 0 aliphatic carbocycles. The average molecular weight is 400 g/mol. The van der Waals surface area contributed by atoms with Gasteiger partial charge in [0.1, 0.15) is 30.1 Å². The van der Waals surface area contributed by atoms with Crippen LogP contribution in [0.15, 0.2) is 85.7 Å². The molecule has 0 radical (unpaired) electrons. The van der Waals surface area contributed by atoms with E-state index in [-0.39, 0.29) is 11.7 Å². The zero-order chi connectivity index (χ0) is 20.8. The van der Waals surface area contributed by atoms with Crippen LogP contribution in [0.2, 0.25) is 0 Å². The summed E-state index contributed by atoms with van der Waals surface area (Å²) in [5, 5.41) is 5.92. The van der Waals surface area contributed by atoms with Gasteiger partial charge in [0.2, 0.25) is 5.91 Å². The van der Waals surface area contributed by atoms with Gasteiger partial charge < -0.3 is 10.6 Å². The van der Waals surface area contributed by atoms with Crippen molar-refractivity contribution in [2.75, 3.05) is 10.6 Å². The summed E-state index contributed by atoms with van der Waals surface area (Å²) < 4.78 is 15.4. The molecular formula is C22H17FN6O. The van der Waals surface area contributed by atoms with Crippen molar-refractivity contribution in [2.45, 2.75) is 0 Å². The first kappa shape index (κ1) is 19.0. The fraction of sp³-hybridized carbons (Fsp3) is 0. The zero-order valence-corrected chi connectivity index (χ0v) is 15.7. The van der Waals surface area contributed by atoms with Crippen molar-refractivity contribution in [2.24, 2.45) is 0 Å². The summed E-state index contributed by atoms with van der Waals surface area (Å²) >= 11 is 0. The molecule has 1 amide bonds. The van der Waals surface area contributed by atoms with Gasteiger partial charge in [-0.15, -0.1) is 0 Å². The van der Waals surface area contributed by atoms with Gasteiger partial charge in [0.25, 0.3) is 0 Å². The lowest BCUT2D eigenvalue weighted by molar-refractivity contribution is -0.111. The Bertz CT molecular complexity index is 1170. The van der Waals surface area contributed by atoms with E-state index >= 15 is 0 Å². The number of halogens is 1.